The van der Waals surface area contributed by atoms with Crippen molar-refractivity contribution >= 4 is 49.8 Å². The first-order valence-corrected chi connectivity index (χ1v) is 16.0. The lowest BCUT2D eigenvalue weighted by atomic mass is 10.1. The molecule has 44 heavy (non-hydrogen) atoms. The van der Waals surface area contributed by atoms with Gasteiger partial charge in [0.2, 0.25) is 0 Å². The number of hydrogen-bond donors (Lipinski definition) is 8. The van der Waals surface area contributed by atoms with E-state index in [1.807, 2.05) is 0 Å². The number of aliphatic hydroxyl groups excluding tert-OH is 4. The number of phosphoric acid groups is 2. The van der Waals surface area contributed by atoms with Crippen molar-refractivity contribution in [1.82, 2.24) is 19.5 Å². The summed E-state index contributed by atoms with van der Waals surface area (Å²) in [4.78, 5) is 32.0. The first-order chi connectivity index (χ1) is 20.7. The Hall–Kier alpha value is -2.59. The molecule has 5 heterocycles. The summed E-state index contributed by atoms with van der Waals surface area (Å²) in [7, 11) is -10.7. The van der Waals surface area contributed by atoms with E-state index in [4.69, 9.17) is 42.2 Å². The maximum Gasteiger partial charge on any atom is 0.481 e. The summed E-state index contributed by atoms with van der Waals surface area (Å²) < 4.78 is 52.4. The van der Waals surface area contributed by atoms with Crippen molar-refractivity contribution in [2.24, 2.45) is 5.73 Å². The molecule has 0 saturated carbocycles. The predicted molar refractivity (Wildman–Crippen MR) is 147 cm³/mol. The average Bonchev–Trinajstić information content (AvgIpc) is 3.61. The van der Waals surface area contributed by atoms with Crippen LogP contribution in [0.3, 0.4) is 0 Å². The quantitative estimate of drug-likeness (QED) is 0.0590. The fourth-order valence-corrected chi connectivity index (χ4v) is 6.79. The number of imidazole rings is 1. The molecule has 20 nitrogen and oxygen atoms in total. The standard InChI is InChI=1S/C21H27N7O13P2S/c22-17-12-19(25-7-24-17)28(8-26-12)21-16(32)14(30)11(40-21)6-38-43(35,36)41-42(33,34)37-5-10-13(29)15(31)20(39-10)27-3-1-2-9(4-27)18(23)44/h1-4,7-8,10-11,13-16,20-21,29-32H,5-6H2,(H5-,22,23,24,25,33,34,35,36,44)/p+1/t10-,11-,13-,14-,15-,16-,20-,21-/m1/s1. The van der Waals surface area contributed by atoms with Gasteiger partial charge in [-0.1, -0.05) is 12.2 Å². The third-order valence-corrected chi connectivity index (χ3v) is 9.58. The normalized spacial score (nSPS) is 31.6. The number of ether oxygens (including phenoxy) is 2. The zero-order valence-corrected chi connectivity index (χ0v) is 24.8. The number of rotatable bonds is 11. The number of thiocarbonyl (C=S) groups is 1. The molecule has 0 spiro atoms. The van der Waals surface area contributed by atoms with E-state index >= 15 is 0 Å². The Labute approximate surface area is 252 Å². The van der Waals surface area contributed by atoms with Gasteiger partial charge in [-0.3, -0.25) is 13.6 Å². The number of fused-ring (bicyclic) bond motifs is 1. The molecule has 0 aromatic carbocycles. The van der Waals surface area contributed by atoms with E-state index < -0.39 is 77.9 Å². The van der Waals surface area contributed by atoms with Gasteiger partial charge in [-0.15, -0.1) is 0 Å². The molecule has 2 aliphatic rings. The maximum atomic E-state index is 12.4. The largest absolute Gasteiger partial charge is 0.481 e. The highest BCUT2D eigenvalue weighted by molar-refractivity contribution is 7.80. The lowest BCUT2D eigenvalue weighted by molar-refractivity contribution is -0.765. The molecule has 0 aliphatic carbocycles. The van der Waals surface area contributed by atoms with Gasteiger partial charge < -0.3 is 51.2 Å². The lowest BCUT2D eigenvalue weighted by Gasteiger charge is -2.20. The molecule has 2 fully saturated rings. The van der Waals surface area contributed by atoms with Crippen LogP contribution >= 0.6 is 27.9 Å². The monoisotopic (exact) mass is 680 g/mol. The number of nitrogens with two attached hydrogens (primary N) is 2. The van der Waals surface area contributed by atoms with Gasteiger partial charge in [-0.05, 0) is 6.07 Å². The molecule has 10 N–H and O–H groups in total. The van der Waals surface area contributed by atoms with Crippen molar-refractivity contribution in [1.29, 1.82) is 0 Å². The van der Waals surface area contributed by atoms with Gasteiger partial charge in [0.25, 0.3) is 6.23 Å². The summed E-state index contributed by atoms with van der Waals surface area (Å²) in [5.41, 5.74) is 12.2. The molecule has 0 amide bonds. The summed E-state index contributed by atoms with van der Waals surface area (Å²) in [6, 6.07) is 3.18. The highest BCUT2D eigenvalue weighted by Crippen LogP contribution is 2.60. The molecule has 2 saturated heterocycles. The summed E-state index contributed by atoms with van der Waals surface area (Å²) in [6.07, 6.45) is -6.22. The molecule has 2 aliphatic heterocycles. The first-order valence-electron chi connectivity index (χ1n) is 12.6. The van der Waals surface area contributed by atoms with Crippen LogP contribution in [0.25, 0.3) is 11.2 Å². The maximum absolute atomic E-state index is 12.4. The van der Waals surface area contributed by atoms with Gasteiger partial charge in [0, 0.05) is 6.07 Å². The summed E-state index contributed by atoms with van der Waals surface area (Å²) in [5.74, 6) is 0.0574. The number of nitrogen functional groups attached to an aromatic ring is 1. The number of hydrogen-bond acceptors (Lipinski definition) is 16. The number of aromatic nitrogens is 5. The van der Waals surface area contributed by atoms with Crippen molar-refractivity contribution < 1.29 is 66.7 Å². The van der Waals surface area contributed by atoms with E-state index in [1.54, 1.807) is 12.1 Å². The van der Waals surface area contributed by atoms with Crippen molar-refractivity contribution in [2.45, 2.75) is 49.1 Å². The Morgan fingerprint density at radius 2 is 1.64 bits per heavy atom. The summed E-state index contributed by atoms with van der Waals surface area (Å²) >= 11 is 4.92. The van der Waals surface area contributed by atoms with Gasteiger partial charge in [-0.25, -0.2) is 24.1 Å². The number of anilines is 1. The number of nitrogens with zero attached hydrogens (tertiary/aromatic N) is 5. The molecule has 0 radical (unpaired) electrons. The van der Waals surface area contributed by atoms with Crippen molar-refractivity contribution in [3.8, 4) is 0 Å². The third-order valence-electron chi connectivity index (χ3n) is 6.75. The smallest absolute Gasteiger partial charge is 0.389 e. The minimum absolute atomic E-state index is 0.0574. The van der Waals surface area contributed by atoms with Gasteiger partial charge in [0.15, 0.2) is 36.2 Å². The highest BCUT2D eigenvalue weighted by Gasteiger charge is 2.50. The van der Waals surface area contributed by atoms with Crippen LogP contribution in [-0.4, -0.2) is 105 Å². The van der Waals surface area contributed by atoms with E-state index in [0.717, 1.165) is 6.33 Å². The number of phosphoric ester groups is 2. The van der Waals surface area contributed by atoms with Gasteiger partial charge in [-0.2, -0.15) is 8.88 Å². The van der Waals surface area contributed by atoms with Crippen LogP contribution in [0.5, 0.6) is 0 Å². The third kappa shape index (κ3) is 6.81. The molecule has 3 aromatic heterocycles. The van der Waals surface area contributed by atoms with Crippen LogP contribution in [0.15, 0.2) is 37.2 Å². The van der Waals surface area contributed by atoms with Crippen LogP contribution in [0.2, 0.25) is 0 Å². The van der Waals surface area contributed by atoms with E-state index in [1.165, 1.54) is 27.9 Å². The van der Waals surface area contributed by atoms with Crippen LogP contribution in [0.4, 0.5) is 5.82 Å². The fraction of sp³-hybridized carbons (Fsp3) is 0.476. The lowest BCUT2D eigenvalue weighted by Crippen LogP contribution is -2.46. The second-order valence-corrected chi connectivity index (χ2v) is 13.2. The molecule has 23 heteroatoms. The Morgan fingerprint density at radius 1 is 1.00 bits per heavy atom. The second kappa shape index (κ2) is 12.7. The molecule has 3 aromatic rings. The van der Waals surface area contributed by atoms with Crippen LogP contribution < -0.4 is 16.0 Å². The highest BCUT2D eigenvalue weighted by atomic mass is 32.1. The van der Waals surface area contributed by atoms with E-state index in [9.17, 15) is 39.3 Å². The molecule has 5 rings (SSSR count). The molecular weight excluding hydrogens is 652 g/mol. The Kier molecular flexibility index (Phi) is 9.44. The number of aliphatic hydroxyl groups is 4. The Morgan fingerprint density at radius 3 is 2.30 bits per heavy atom. The number of pyridine rings is 1. The minimum atomic E-state index is -5.35. The molecule has 10 atom stereocenters. The van der Waals surface area contributed by atoms with Gasteiger partial charge in [0.05, 0.1) is 25.1 Å². The SMILES string of the molecule is NC(=S)c1ccc[n+]([C@@H]2O[C@H](COP(=O)(O)OP(=O)(O)OC[C@H]3O[C@@H](n4cnc5c(N)ncnc54)[C@H](O)[C@@H]3O)[C@@H](O)[C@H]2O)c1. The fourth-order valence-electron chi connectivity index (χ4n) is 4.58. The Bertz CT molecular complexity index is 1630. The van der Waals surface area contributed by atoms with Gasteiger partial charge >= 0.3 is 15.6 Å². The molecule has 240 valence electrons. The first kappa shape index (κ1) is 32.8. The minimum Gasteiger partial charge on any atom is -0.389 e. The molecule has 0 bridgehead atoms. The van der Waals surface area contributed by atoms with Crippen LogP contribution in [-0.2, 0) is 32.0 Å². The van der Waals surface area contributed by atoms with E-state index in [0.29, 0.717) is 5.56 Å². The van der Waals surface area contributed by atoms with Gasteiger partial charge in [0.1, 0.15) is 47.4 Å². The summed E-state index contributed by atoms with van der Waals surface area (Å²) in [5, 5.41) is 41.7. The average molecular weight is 681 g/mol. The topological polar surface area (TPSA) is 301 Å². The van der Waals surface area contributed by atoms with E-state index in [2.05, 4.69) is 19.3 Å². The molecular formula is C21H28N7O13P2S+. The Balaban J connectivity index is 1.16. The summed E-state index contributed by atoms with van der Waals surface area (Å²) in [6.45, 7) is -1.74. The zero-order chi connectivity index (χ0) is 32.0. The molecule has 2 unspecified atom stereocenters. The van der Waals surface area contributed by atoms with Crippen molar-refractivity contribution in [3.63, 3.8) is 0 Å². The zero-order valence-electron chi connectivity index (χ0n) is 22.2. The van der Waals surface area contributed by atoms with Crippen LogP contribution in [0.1, 0.15) is 18.0 Å². The van der Waals surface area contributed by atoms with Crippen molar-refractivity contribution in [2.75, 3.05) is 18.9 Å². The second-order valence-electron chi connectivity index (χ2n) is 9.69. The predicted octanol–water partition coefficient (Wildman–Crippen LogP) is -2.48. The van der Waals surface area contributed by atoms with Crippen molar-refractivity contribution in [3.05, 3.63) is 42.7 Å². The van der Waals surface area contributed by atoms with E-state index in [-0.39, 0.29) is 22.0 Å². The van der Waals surface area contributed by atoms with Crippen LogP contribution in [0, 0.1) is 0 Å².